The summed E-state index contributed by atoms with van der Waals surface area (Å²) in [6.07, 6.45) is 0. The number of amides is 1. The van der Waals surface area contributed by atoms with Crippen molar-refractivity contribution in [2.24, 2.45) is 7.05 Å². The second kappa shape index (κ2) is 7.12. The number of rotatable bonds is 5. The number of nitrogens with one attached hydrogen (secondary N) is 1. The number of hydrogen-bond acceptors (Lipinski definition) is 4. The molecule has 0 bridgehead atoms. The van der Waals surface area contributed by atoms with Crippen LogP contribution in [0.4, 0.5) is 4.39 Å². The highest BCUT2D eigenvalue weighted by Gasteiger charge is 2.10. The number of ether oxygens (including phenoxy) is 1. The quantitative estimate of drug-likeness (QED) is 0.768. The van der Waals surface area contributed by atoms with Crippen molar-refractivity contribution in [2.45, 2.75) is 6.54 Å². The average Bonchev–Trinajstić information content (AvgIpc) is 2.63. The first-order valence-electron chi connectivity index (χ1n) is 7.65. The van der Waals surface area contributed by atoms with Crippen molar-refractivity contribution >= 4 is 16.7 Å². The summed E-state index contributed by atoms with van der Waals surface area (Å²) in [5.74, 6) is -0.924. The van der Waals surface area contributed by atoms with Crippen LogP contribution in [0.15, 0.2) is 53.3 Å². The molecule has 1 amide bonds. The van der Waals surface area contributed by atoms with E-state index in [2.05, 4.69) is 10.4 Å². The van der Waals surface area contributed by atoms with Crippen LogP contribution in [0.1, 0.15) is 5.69 Å². The van der Waals surface area contributed by atoms with Gasteiger partial charge in [0.15, 0.2) is 18.2 Å². The third kappa shape index (κ3) is 3.65. The summed E-state index contributed by atoms with van der Waals surface area (Å²) in [5.41, 5.74) is 0.366. The molecule has 128 valence electrons. The van der Waals surface area contributed by atoms with Gasteiger partial charge in [0.2, 0.25) is 0 Å². The molecule has 0 aliphatic carbocycles. The Morgan fingerprint density at radius 2 is 1.84 bits per heavy atom. The summed E-state index contributed by atoms with van der Waals surface area (Å²) in [5, 5.41) is 8.07. The summed E-state index contributed by atoms with van der Waals surface area (Å²) in [6.45, 7) is -0.182. The number of carbonyl (C=O) groups excluding carboxylic acids is 1. The molecule has 3 rings (SSSR count). The minimum Gasteiger partial charge on any atom is -0.481 e. The molecule has 0 aliphatic rings. The smallest absolute Gasteiger partial charge is 0.274 e. The minimum atomic E-state index is -0.527. The van der Waals surface area contributed by atoms with Crippen molar-refractivity contribution in [3.05, 3.63) is 70.4 Å². The third-order valence-electron chi connectivity index (χ3n) is 3.68. The molecule has 2 aromatic carbocycles. The highest BCUT2D eigenvalue weighted by atomic mass is 19.1. The zero-order valence-corrected chi connectivity index (χ0v) is 13.5. The van der Waals surface area contributed by atoms with Crippen LogP contribution in [0, 0.1) is 5.82 Å². The van der Waals surface area contributed by atoms with Crippen LogP contribution in [0.2, 0.25) is 0 Å². The van der Waals surface area contributed by atoms with Crippen molar-refractivity contribution in [3.8, 4) is 5.75 Å². The zero-order valence-electron chi connectivity index (χ0n) is 13.5. The number of halogens is 1. The maximum Gasteiger partial charge on any atom is 0.274 e. The fourth-order valence-electron chi connectivity index (χ4n) is 2.44. The highest BCUT2D eigenvalue weighted by molar-refractivity contribution is 5.84. The van der Waals surface area contributed by atoms with Crippen LogP contribution >= 0.6 is 0 Å². The SMILES string of the molecule is Cn1nc(CNC(=O)COc2ccccc2F)c2ccccc2c1=O. The van der Waals surface area contributed by atoms with E-state index in [9.17, 15) is 14.0 Å². The van der Waals surface area contributed by atoms with E-state index in [4.69, 9.17) is 4.74 Å². The van der Waals surface area contributed by atoms with Crippen LogP contribution in [0.5, 0.6) is 5.75 Å². The molecule has 0 saturated carbocycles. The summed E-state index contributed by atoms with van der Waals surface area (Å²) >= 11 is 0. The van der Waals surface area contributed by atoms with E-state index < -0.39 is 11.7 Å². The molecule has 1 N–H and O–H groups in total. The summed E-state index contributed by atoms with van der Waals surface area (Å²) < 4.78 is 19.8. The average molecular weight is 341 g/mol. The van der Waals surface area contributed by atoms with Gasteiger partial charge in [-0.2, -0.15) is 5.10 Å². The van der Waals surface area contributed by atoms with Crippen molar-refractivity contribution in [1.82, 2.24) is 15.1 Å². The Morgan fingerprint density at radius 3 is 2.60 bits per heavy atom. The second-order valence-electron chi connectivity index (χ2n) is 5.42. The number of nitrogens with zero attached hydrogens (tertiary/aromatic N) is 2. The van der Waals surface area contributed by atoms with Gasteiger partial charge in [-0.05, 0) is 18.2 Å². The van der Waals surface area contributed by atoms with Crippen molar-refractivity contribution in [3.63, 3.8) is 0 Å². The normalized spacial score (nSPS) is 10.6. The number of para-hydroxylation sites is 1. The number of benzene rings is 2. The van der Waals surface area contributed by atoms with Crippen LogP contribution in [-0.2, 0) is 18.4 Å². The molecule has 0 spiro atoms. The molecular weight excluding hydrogens is 325 g/mol. The fourth-order valence-corrected chi connectivity index (χ4v) is 2.44. The lowest BCUT2D eigenvalue weighted by molar-refractivity contribution is -0.123. The molecule has 0 saturated heterocycles. The summed E-state index contributed by atoms with van der Waals surface area (Å²) in [4.78, 5) is 24.0. The van der Waals surface area contributed by atoms with Gasteiger partial charge < -0.3 is 10.1 Å². The highest BCUT2D eigenvalue weighted by Crippen LogP contribution is 2.15. The van der Waals surface area contributed by atoms with Gasteiger partial charge in [-0.1, -0.05) is 30.3 Å². The number of aryl methyl sites for hydroxylation is 1. The van der Waals surface area contributed by atoms with Gasteiger partial charge in [-0.15, -0.1) is 0 Å². The van der Waals surface area contributed by atoms with E-state index in [1.807, 2.05) is 0 Å². The first-order chi connectivity index (χ1) is 12.1. The van der Waals surface area contributed by atoms with Crippen LogP contribution in [0.25, 0.3) is 10.8 Å². The third-order valence-corrected chi connectivity index (χ3v) is 3.68. The molecule has 1 heterocycles. The molecule has 25 heavy (non-hydrogen) atoms. The lowest BCUT2D eigenvalue weighted by Gasteiger charge is -2.10. The Hall–Kier alpha value is -3.22. The monoisotopic (exact) mass is 341 g/mol. The van der Waals surface area contributed by atoms with Crippen LogP contribution < -0.4 is 15.6 Å². The van der Waals surface area contributed by atoms with E-state index >= 15 is 0 Å². The number of hydrogen-bond donors (Lipinski definition) is 1. The van der Waals surface area contributed by atoms with Crippen molar-refractivity contribution in [1.29, 1.82) is 0 Å². The molecule has 1 aromatic heterocycles. The summed E-state index contributed by atoms with van der Waals surface area (Å²) in [7, 11) is 1.56. The van der Waals surface area contributed by atoms with E-state index in [-0.39, 0.29) is 24.5 Å². The Balaban J connectivity index is 1.69. The van der Waals surface area contributed by atoms with Crippen LogP contribution in [0.3, 0.4) is 0 Å². The Bertz CT molecular complexity index is 985. The molecule has 7 heteroatoms. The van der Waals surface area contributed by atoms with Gasteiger partial charge in [0.05, 0.1) is 17.6 Å². The van der Waals surface area contributed by atoms with Crippen molar-refractivity contribution < 1.29 is 13.9 Å². The zero-order chi connectivity index (χ0) is 17.8. The van der Waals surface area contributed by atoms with Gasteiger partial charge >= 0.3 is 0 Å². The molecule has 0 aliphatic heterocycles. The minimum absolute atomic E-state index is 0.0170. The largest absolute Gasteiger partial charge is 0.481 e. The van der Waals surface area contributed by atoms with E-state index in [1.54, 1.807) is 43.4 Å². The first kappa shape index (κ1) is 16.6. The maximum absolute atomic E-state index is 13.4. The van der Waals surface area contributed by atoms with Gasteiger partial charge in [0.1, 0.15) is 0 Å². The molecule has 6 nitrogen and oxygen atoms in total. The van der Waals surface area contributed by atoms with E-state index in [0.717, 1.165) is 0 Å². The Labute approximate surface area is 142 Å². The predicted molar refractivity (Wildman–Crippen MR) is 90.7 cm³/mol. The van der Waals surface area contributed by atoms with Gasteiger partial charge in [-0.3, -0.25) is 9.59 Å². The van der Waals surface area contributed by atoms with Gasteiger partial charge in [0, 0.05) is 12.4 Å². The predicted octanol–water partition coefficient (Wildman–Crippen LogP) is 1.77. The Morgan fingerprint density at radius 1 is 1.16 bits per heavy atom. The maximum atomic E-state index is 13.4. The van der Waals surface area contributed by atoms with E-state index in [1.165, 1.54) is 16.8 Å². The fraction of sp³-hybridized carbons (Fsp3) is 0.167. The number of fused-ring (bicyclic) bond motifs is 1. The van der Waals surface area contributed by atoms with Gasteiger partial charge in [-0.25, -0.2) is 9.07 Å². The van der Waals surface area contributed by atoms with Gasteiger partial charge in [0.25, 0.3) is 11.5 Å². The molecule has 0 radical (unpaired) electrons. The first-order valence-corrected chi connectivity index (χ1v) is 7.65. The lowest BCUT2D eigenvalue weighted by atomic mass is 10.1. The van der Waals surface area contributed by atoms with E-state index in [0.29, 0.717) is 16.5 Å². The van der Waals surface area contributed by atoms with Crippen molar-refractivity contribution in [2.75, 3.05) is 6.61 Å². The standard InChI is InChI=1S/C18H16FN3O3/c1-22-18(24)13-7-3-2-6-12(13)15(21-22)10-20-17(23)11-25-16-9-5-4-8-14(16)19/h2-9H,10-11H2,1H3,(H,20,23). The second-order valence-corrected chi connectivity index (χ2v) is 5.42. The molecule has 0 atom stereocenters. The van der Waals surface area contributed by atoms with Crippen LogP contribution in [-0.4, -0.2) is 22.3 Å². The molecule has 0 fully saturated rings. The summed E-state index contributed by atoms with van der Waals surface area (Å²) in [6, 6.07) is 12.9. The molecule has 0 unspecified atom stereocenters. The molecular formula is C18H16FN3O3. The number of carbonyl (C=O) groups is 1. The molecule has 3 aromatic rings. The number of aromatic nitrogens is 2. The topological polar surface area (TPSA) is 73.2 Å². The Kier molecular flexibility index (Phi) is 4.74. The lowest BCUT2D eigenvalue weighted by Crippen LogP contribution is -2.30.